The molecule has 0 spiro atoms. The average Bonchev–Trinajstić information content (AvgIpc) is 3.60. The van der Waals surface area contributed by atoms with E-state index in [9.17, 15) is 0 Å². The van der Waals surface area contributed by atoms with Crippen molar-refractivity contribution in [1.29, 1.82) is 0 Å². The number of rotatable bonds is 4. The normalized spacial score (nSPS) is 12.3. The molecule has 0 saturated carbocycles. The van der Waals surface area contributed by atoms with Crippen LogP contribution in [0.25, 0.3) is 76.4 Å². The van der Waals surface area contributed by atoms with Crippen LogP contribution in [0.3, 0.4) is 0 Å². The first kappa shape index (κ1) is 24.9. The molecule has 3 nitrogen and oxygen atoms in total. The number of benzene rings is 8. The van der Waals surface area contributed by atoms with Crippen LogP contribution < -0.4 is 4.90 Å². The third-order valence-corrected chi connectivity index (χ3v) is 10.2. The molecule has 0 amide bonds. The lowest BCUT2D eigenvalue weighted by Crippen LogP contribution is -2.10. The summed E-state index contributed by atoms with van der Waals surface area (Å²) >= 11 is 0. The fourth-order valence-electron chi connectivity index (χ4n) is 8.34. The highest BCUT2D eigenvalue weighted by atomic mass is 15.1. The van der Waals surface area contributed by atoms with E-state index in [0.717, 1.165) is 22.7 Å². The zero-order valence-electron chi connectivity index (χ0n) is 25.4. The van der Waals surface area contributed by atoms with Crippen LogP contribution in [0.5, 0.6) is 0 Å². The largest absolute Gasteiger partial charge is 0.310 e. The molecular formula is C44H27N3. The van der Waals surface area contributed by atoms with Crippen LogP contribution in [0.4, 0.5) is 17.1 Å². The van der Waals surface area contributed by atoms with E-state index in [2.05, 4.69) is 178 Å². The first-order valence-corrected chi connectivity index (χ1v) is 16.2. The molecule has 11 rings (SSSR count). The predicted octanol–water partition coefficient (Wildman–Crippen LogP) is 12.0. The summed E-state index contributed by atoms with van der Waals surface area (Å²) in [5.41, 5.74) is 10.8. The van der Waals surface area contributed by atoms with Gasteiger partial charge in [-0.15, -0.1) is 0 Å². The van der Waals surface area contributed by atoms with Gasteiger partial charge in [0.15, 0.2) is 0 Å². The fraction of sp³-hybridized carbons (Fsp3) is 0. The number of nitrogens with zero attached hydrogens (tertiary/aromatic N) is 3. The van der Waals surface area contributed by atoms with Gasteiger partial charge in [-0.2, -0.15) is 0 Å². The van der Waals surface area contributed by atoms with Crippen LogP contribution in [-0.2, 0) is 0 Å². The van der Waals surface area contributed by atoms with E-state index in [1.165, 1.54) is 70.7 Å². The van der Waals surface area contributed by atoms with Crippen molar-refractivity contribution in [1.82, 2.24) is 8.97 Å². The second kappa shape index (κ2) is 9.12. The Labute approximate surface area is 270 Å². The number of aromatic nitrogens is 2. The Balaban J connectivity index is 1.47. The Bertz CT molecular complexity index is 2900. The number of anilines is 3. The third kappa shape index (κ3) is 3.20. The van der Waals surface area contributed by atoms with Gasteiger partial charge < -0.3 is 13.9 Å². The van der Waals surface area contributed by atoms with E-state index < -0.39 is 0 Å². The van der Waals surface area contributed by atoms with E-state index in [-0.39, 0.29) is 0 Å². The molecule has 0 bridgehead atoms. The first-order valence-electron chi connectivity index (χ1n) is 16.2. The highest BCUT2D eigenvalue weighted by Gasteiger charge is 2.27. The van der Waals surface area contributed by atoms with Gasteiger partial charge in [-0.25, -0.2) is 0 Å². The molecule has 0 aliphatic heterocycles. The standard InChI is InChI=1S/C44H27N3/c1-4-14-29(15-5-1)45(30-16-6-2-7-17-30)38-27-39-42-41-34(38)24-23-28-13-12-22-36(40(28)41)47-35-21-11-10-20-32(35)33-25-26-37(43(42)44(33)47)46(39)31-18-8-3-9-19-31/h1-27H. The molecule has 0 saturated heterocycles. The van der Waals surface area contributed by atoms with Crippen LogP contribution in [-0.4, -0.2) is 8.97 Å². The quantitative estimate of drug-likeness (QED) is 0.184. The van der Waals surface area contributed by atoms with Gasteiger partial charge in [0.25, 0.3) is 0 Å². The van der Waals surface area contributed by atoms with Crippen molar-refractivity contribution in [2.24, 2.45) is 0 Å². The zero-order chi connectivity index (χ0) is 30.6. The van der Waals surface area contributed by atoms with Gasteiger partial charge in [0.05, 0.1) is 33.3 Å². The topological polar surface area (TPSA) is 12.6 Å². The van der Waals surface area contributed by atoms with E-state index in [4.69, 9.17) is 0 Å². The van der Waals surface area contributed by atoms with Crippen molar-refractivity contribution in [3.63, 3.8) is 0 Å². The summed E-state index contributed by atoms with van der Waals surface area (Å²) in [4.78, 5) is 2.42. The molecule has 3 aromatic heterocycles. The minimum atomic E-state index is 1.13. The molecule has 0 radical (unpaired) electrons. The summed E-state index contributed by atoms with van der Waals surface area (Å²) in [7, 11) is 0. The van der Waals surface area contributed by atoms with Gasteiger partial charge in [0.2, 0.25) is 0 Å². The molecule has 11 aromatic rings. The van der Waals surface area contributed by atoms with Crippen LogP contribution in [0, 0.1) is 0 Å². The van der Waals surface area contributed by atoms with E-state index in [1.807, 2.05) is 0 Å². The average molecular weight is 598 g/mol. The van der Waals surface area contributed by atoms with Crippen LogP contribution in [0.1, 0.15) is 0 Å². The summed E-state index contributed by atoms with van der Waals surface area (Å²) in [5.74, 6) is 0. The number of fused-ring (bicyclic) bond motifs is 4. The maximum atomic E-state index is 2.54. The molecular weight excluding hydrogens is 571 g/mol. The lowest BCUT2D eigenvalue weighted by atomic mass is 9.95. The third-order valence-electron chi connectivity index (χ3n) is 10.2. The summed E-state index contributed by atoms with van der Waals surface area (Å²) in [6.45, 7) is 0. The Morgan fingerprint density at radius 1 is 0.383 bits per heavy atom. The molecule has 47 heavy (non-hydrogen) atoms. The molecule has 0 N–H and O–H groups in total. The lowest BCUT2D eigenvalue weighted by molar-refractivity contribution is 1.18. The lowest BCUT2D eigenvalue weighted by Gasteiger charge is -2.27. The second-order valence-corrected chi connectivity index (χ2v) is 12.5. The van der Waals surface area contributed by atoms with Crippen molar-refractivity contribution >= 4 is 87.7 Å². The van der Waals surface area contributed by atoms with E-state index in [0.29, 0.717) is 0 Å². The van der Waals surface area contributed by atoms with E-state index in [1.54, 1.807) is 0 Å². The van der Waals surface area contributed by atoms with Crippen LogP contribution in [0.15, 0.2) is 164 Å². The maximum Gasteiger partial charge on any atom is 0.0641 e. The number of hydrogen-bond donors (Lipinski definition) is 0. The van der Waals surface area contributed by atoms with Gasteiger partial charge >= 0.3 is 0 Å². The van der Waals surface area contributed by atoms with E-state index >= 15 is 0 Å². The first-order chi connectivity index (χ1) is 23.4. The molecule has 218 valence electrons. The smallest absolute Gasteiger partial charge is 0.0641 e. The molecule has 8 aromatic carbocycles. The van der Waals surface area contributed by atoms with Gasteiger partial charge in [0, 0.05) is 54.8 Å². The van der Waals surface area contributed by atoms with Gasteiger partial charge in [-0.3, -0.25) is 0 Å². The van der Waals surface area contributed by atoms with Gasteiger partial charge in [0.1, 0.15) is 0 Å². The van der Waals surface area contributed by atoms with Crippen molar-refractivity contribution in [3.8, 4) is 5.69 Å². The Kier molecular flexibility index (Phi) is 4.84. The van der Waals surface area contributed by atoms with Crippen molar-refractivity contribution in [3.05, 3.63) is 164 Å². The number of para-hydroxylation sites is 4. The molecule has 0 aliphatic rings. The molecule has 0 unspecified atom stereocenters. The second-order valence-electron chi connectivity index (χ2n) is 12.5. The van der Waals surface area contributed by atoms with Gasteiger partial charge in [-0.1, -0.05) is 103 Å². The van der Waals surface area contributed by atoms with Crippen molar-refractivity contribution in [2.75, 3.05) is 4.90 Å². The Morgan fingerprint density at radius 2 is 1.04 bits per heavy atom. The van der Waals surface area contributed by atoms with Crippen LogP contribution in [0.2, 0.25) is 0 Å². The summed E-state index contributed by atoms with van der Waals surface area (Å²) in [5, 5.41) is 10.3. The Morgan fingerprint density at radius 3 is 1.81 bits per heavy atom. The summed E-state index contributed by atoms with van der Waals surface area (Å²) < 4.78 is 5.02. The SMILES string of the molecule is c1ccc(N(c2ccccc2)c2cc3c4c5c2ccc2cccc(c25)n2c5ccccc5c5ccc(c4c52)n3-c2ccccc2)cc1. The molecule has 0 fully saturated rings. The van der Waals surface area contributed by atoms with Crippen LogP contribution >= 0.6 is 0 Å². The molecule has 3 heteroatoms. The molecule has 3 heterocycles. The van der Waals surface area contributed by atoms with Crippen molar-refractivity contribution < 1.29 is 0 Å². The highest BCUT2D eigenvalue weighted by Crippen LogP contribution is 2.51. The molecule has 0 atom stereocenters. The maximum absolute atomic E-state index is 2.54. The summed E-state index contributed by atoms with van der Waals surface area (Å²) in [6, 6.07) is 59.8. The minimum absolute atomic E-state index is 1.13. The van der Waals surface area contributed by atoms with Crippen molar-refractivity contribution in [2.45, 2.75) is 0 Å². The van der Waals surface area contributed by atoms with Gasteiger partial charge in [-0.05, 0) is 66.0 Å². The fourth-order valence-corrected chi connectivity index (χ4v) is 8.34. The Hall–Kier alpha value is -6.32. The predicted molar refractivity (Wildman–Crippen MR) is 199 cm³/mol. The minimum Gasteiger partial charge on any atom is -0.310 e. The summed E-state index contributed by atoms with van der Waals surface area (Å²) in [6.07, 6.45) is 0. The zero-order valence-corrected chi connectivity index (χ0v) is 25.4. The number of hydrogen-bond acceptors (Lipinski definition) is 1. The monoisotopic (exact) mass is 597 g/mol. The highest BCUT2D eigenvalue weighted by molar-refractivity contribution is 6.39. The molecule has 0 aliphatic carbocycles.